The molecule has 0 spiro atoms. The van der Waals surface area contributed by atoms with Crippen molar-refractivity contribution in [2.24, 2.45) is 0 Å². The van der Waals surface area contributed by atoms with Crippen molar-refractivity contribution in [3.8, 4) is 0 Å². The molecule has 1 rings (SSSR count). The van der Waals surface area contributed by atoms with Crippen molar-refractivity contribution in [2.75, 3.05) is 18.1 Å². The Bertz CT molecular complexity index is 366. The fourth-order valence-electron chi connectivity index (χ4n) is 1.51. The zero-order valence-electron chi connectivity index (χ0n) is 9.42. The van der Waals surface area contributed by atoms with E-state index in [0.717, 1.165) is 0 Å². The van der Waals surface area contributed by atoms with E-state index in [1.807, 2.05) is 13.8 Å². The molecule has 0 atom stereocenters. The van der Waals surface area contributed by atoms with Gasteiger partial charge >= 0.3 is 5.97 Å². The molecule has 0 saturated carbocycles. The van der Waals surface area contributed by atoms with Gasteiger partial charge in [0.15, 0.2) is 0 Å². The lowest BCUT2D eigenvalue weighted by atomic mass is 10.2. The molecule has 1 aromatic heterocycles. The molecule has 0 bridgehead atoms. The van der Waals surface area contributed by atoms with Gasteiger partial charge in [0.25, 0.3) is 0 Å². The van der Waals surface area contributed by atoms with Crippen LogP contribution in [-0.4, -0.2) is 40.4 Å². The molecular formula is C11H16N2O3. The van der Waals surface area contributed by atoms with Gasteiger partial charge in [0.1, 0.15) is 11.4 Å². The van der Waals surface area contributed by atoms with Gasteiger partial charge in [0.05, 0.1) is 6.61 Å². The third kappa shape index (κ3) is 2.70. The summed E-state index contributed by atoms with van der Waals surface area (Å²) in [5.41, 5.74) is 0.157. The first-order valence-corrected chi connectivity index (χ1v) is 5.13. The van der Waals surface area contributed by atoms with Crippen LogP contribution >= 0.6 is 0 Å². The largest absolute Gasteiger partial charge is 0.478 e. The number of hydrogen-bond acceptors (Lipinski definition) is 4. The van der Waals surface area contributed by atoms with Crippen molar-refractivity contribution < 1.29 is 15.0 Å². The maximum Gasteiger partial charge on any atom is 0.339 e. The number of rotatable bonds is 5. The molecule has 0 fully saturated rings. The summed E-state index contributed by atoms with van der Waals surface area (Å²) in [4.78, 5) is 16.9. The standard InChI is InChI=1S/C11H16N2O3/c1-8(2)13(6-7-14)10-9(11(15)16)4-3-5-12-10/h3-5,8,14H,6-7H2,1-2H3,(H,15,16). The highest BCUT2D eigenvalue weighted by atomic mass is 16.4. The zero-order valence-corrected chi connectivity index (χ0v) is 9.42. The summed E-state index contributed by atoms with van der Waals surface area (Å²) in [5, 5.41) is 18.0. The van der Waals surface area contributed by atoms with Crippen molar-refractivity contribution in [2.45, 2.75) is 19.9 Å². The second-order valence-electron chi connectivity index (χ2n) is 3.69. The summed E-state index contributed by atoms with van der Waals surface area (Å²) < 4.78 is 0. The molecule has 0 aromatic carbocycles. The molecule has 16 heavy (non-hydrogen) atoms. The predicted octanol–water partition coefficient (Wildman–Crippen LogP) is 0.987. The number of aromatic nitrogens is 1. The monoisotopic (exact) mass is 224 g/mol. The minimum Gasteiger partial charge on any atom is -0.478 e. The molecule has 0 aliphatic heterocycles. The molecule has 1 aromatic rings. The van der Waals surface area contributed by atoms with Crippen molar-refractivity contribution >= 4 is 11.8 Å². The van der Waals surface area contributed by atoms with Crippen LogP contribution in [0.1, 0.15) is 24.2 Å². The molecule has 0 saturated heterocycles. The van der Waals surface area contributed by atoms with Crippen molar-refractivity contribution in [1.29, 1.82) is 0 Å². The van der Waals surface area contributed by atoms with Crippen molar-refractivity contribution in [1.82, 2.24) is 4.98 Å². The summed E-state index contributed by atoms with van der Waals surface area (Å²) in [6.45, 7) is 4.19. The number of carbonyl (C=O) groups is 1. The lowest BCUT2D eigenvalue weighted by molar-refractivity contribution is 0.0697. The number of hydrogen-bond donors (Lipinski definition) is 2. The highest BCUT2D eigenvalue weighted by molar-refractivity contribution is 5.93. The smallest absolute Gasteiger partial charge is 0.339 e. The Morgan fingerprint density at radius 3 is 2.75 bits per heavy atom. The van der Waals surface area contributed by atoms with Gasteiger partial charge in [-0.1, -0.05) is 0 Å². The Labute approximate surface area is 94.4 Å². The van der Waals surface area contributed by atoms with Gasteiger partial charge < -0.3 is 15.1 Å². The lowest BCUT2D eigenvalue weighted by Gasteiger charge is -2.28. The molecule has 88 valence electrons. The zero-order chi connectivity index (χ0) is 12.1. The number of aromatic carboxylic acids is 1. The van der Waals surface area contributed by atoms with Gasteiger partial charge in [-0.15, -0.1) is 0 Å². The number of anilines is 1. The average molecular weight is 224 g/mol. The molecule has 0 aliphatic carbocycles. The summed E-state index contributed by atoms with van der Waals surface area (Å²) in [6, 6.07) is 3.18. The van der Waals surface area contributed by atoms with Crippen LogP contribution < -0.4 is 4.90 Å². The van der Waals surface area contributed by atoms with Crippen LogP contribution in [0.15, 0.2) is 18.3 Å². The topological polar surface area (TPSA) is 73.7 Å². The number of carboxylic acid groups (broad SMARTS) is 1. The molecule has 5 heteroatoms. The highest BCUT2D eigenvalue weighted by Gasteiger charge is 2.18. The van der Waals surface area contributed by atoms with Crippen molar-refractivity contribution in [3.05, 3.63) is 23.9 Å². The van der Waals surface area contributed by atoms with Crippen LogP contribution in [0.3, 0.4) is 0 Å². The molecular weight excluding hydrogens is 208 g/mol. The fourth-order valence-corrected chi connectivity index (χ4v) is 1.51. The summed E-state index contributed by atoms with van der Waals surface area (Å²) in [7, 11) is 0. The molecule has 1 heterocycles. The Morgan fingerprint density at radius 1 is 1.56 bits per heavy atom. The lowest BCUT2D eigenvalue weighted by Crippen LogP contribution is -2.35. The minimum absolute atomic E-state index is 0.0339. The second-order valence-corrected chi connectivity index (χ2v) is 3.69. The maximum absolute atomic E-state index is 11.0. The van der Waals surface area contributed by atoms with E-state index in [2.05, 4.69) is 4.98 Å². The molecule has 0 radical (unpaired) electrons. The van der Waals surface area contributed by atoms with Crippen LogP contribution in [0, 0.1) is 0 Å². The third-order valence-corrected chi connectivity index (χ3v) is 2.25. The van der Waals surface area contributed by atoms with E-state index in [1.165, 1.54) is 6.07 Å². The van der Waals surface area contributed by atoms with Gasteiger partial charge in [0.2, 0.25) is 0 Å². The number of carboxylic acids is 1. The van der Waals surface area contributed by atoms with Crippen LogP contribution in [0.4, 0.5) is 5.82 Å². The van der Waals surface area contributed by atoms with E-state index >= 15 is 0 Å². The van der Waals surface area contributed by atoms with E-state index in [1.54, 1.807) is 17.2 Å². The first kappa shape index (κ1) is 12.4. The number of aliphatic hydroxyl groups is 1. The van der Waals surface area contributed by atoms with Gasteiger partial charge in [-0.05, 0) is 26.0 Å². The van der Waals surface area contributed by atoms with E-state index < -0.39 is 5.97 Å². The number of nitrogens with zero attached hydrogens (tertiary/aromatic N) is 2. The Hall–Kier alpha value is -1.62. The number of pyridine rings is 1. The van der Waals surface area contributed by atoms with Gasteiger partial charge in [0, 0.05) is 18.8 Å². The van der Waals surface area contributed by atoms with E-state index in [-0.39, 0.29) is 18.2 Å². The summed E-state index contributed by atoms with van der Waals surface area (Å²) in [5.74, 6) is -0.606. The van der Waals surface area contributed by atoms with Crippen LogP contribution in [-0.2, 0) is 0 Å². The first-order chi connectivity index (χ1) is 7.57. The SMILES string of the molecule is CC(C)N(CCO)c1ncccc1C(=O)O. The summed E-state index contributed by atoms with van der Waals surface area (Å²) in [6.07, 6.45) is 1.55. The van der Waals surface area contributed by atoms with Gasteiger partial charge in [-0.2, -0.15) is 0 Å². The Morgan fingerprint density at radius 2 is 2.25 bits per heavy atom. The normalized spacial score (nSPS) is 10.5. The van der Waals surface area contributed by atoms with E-state index in [9.17, 15) is 4.79 Å². The summed E-state index contributed by atoms with van der Waals surface area (Å²) >= 11 is 0. The Kier molecular flexibility index (Phi) is 4.25. The van der Waals surface area contributed by atoms with Gasteiger partial charge in [-0.25, -0.2) is 9.78 Å². The molecule has 0 amide bonds. The van der Waals surface area contributed by atoms with Gasteiger partial charge in [-0.3, -0.25) is 0 Å². The average Bonchev–Trinajstić information content (AvgIpc) is 2.25. The Balaban J connectivity index is 3.12. The molecule has 5 nitrogen and oxygen atoms in total. The number of aliphatic hydroxyl groups excluding tert-OH is 1. The predicted molar refractivity (Wildman–Crippen MR) is 60.8 cm³/mol. The molecule has 0 aliphatic rings. The first-order valence-electron chi connectivity index (χ1n) is 5.13. The highest BCUT2D eigenvalue weighted by Crippen LogP contribution is 2.19. The third-order valence-electron chi connectivity index (χ3n) is 2.25. The van der Waals surface area contributed by atoms with Crippen molar-refractivity contribution in [3.63, 3.8) is 0 Å². The second kappa shape index (κ2) is 5.46. The van der Waals surface area contributed by atoms with Crippen LogP contribution in [0.5, 0.6) is 0 Å². The fraction of sp³-hybridized carbons (Fsp3) is 0.455. The van der Waals surface area contributed by atoms with E-state index in [0.29, 0.717) is 12.4 Å². The molecule has 2 N–H and O–H groups in total. The van der Waals surface area contributed by atoms with Crippen LogP contribution in [0.2, 0.25) is 0 Å². The van der Waals surface area contributed by atoms with Crippen LogP contribution in [0.25, 0.3) is 0 Å². The minimum atomic E-state index is -1.01. The van der Waals surface area contributed by atoms with E-state index in [4.69, 9.17) is 10.2 Å². The quantitative estimate of drug-likeness (QED) is 0.780. The molecule has 0 unspecified atom stereocenters. The maximum atomic E-state index is 11.0.